The minimum atomic E-state index is -1.10. The lowest BCUT2D eigenvalue weighted by Gasteiger charge is -2.11. The van der Waals surface area contributed by atoms with Crippen molar-refractivity contribution in [3.8, 4) is 17.2 Å². The number of rotatable bonds is 15. The third-order valence-electron chi connectivity index (χ3n) is 6.01. The number of thiophene rings is 2. The van der Waals surface area contributed by atoms with Gasteiger partial charge in [0.25, 0.3) is 0 Å². The fourth-order valence-corrected chi connectivity index (χ4v) is 6.00. The first-order chi connectivity index (χ1) is 20.1. The lowest BCUT2D eigenvalue weighted by molar-refractivity contribution is -0.137. The monoisotopic (exact) mass is 618 g/mol. The second-order valence-corrected chi connectivity index (χ2v) is 11.0. The van der Waals surface area contributed by atoms with Crippen molar-refractivity contribution in [2.75, 3.05) is 20.3 Å². The van der Waals surface area contributed by atoms with E-state index in [9.17, 15) is 23.6 Å². The van der Waals surface area contributed by atoms with E-state index in [0.29, 0.717) is 9.40 Å². The number of carbonyl (C=O) groups is 4. The van der Waals surface area contributed by atoms with Crippen molar-refractivity contribution in [1.29, 1.82) is 0 Å². The molecule has 4 rings (SSSR count). The number of carboxylic acids is 2. The maximum absolute atomic E-state index is 15.3. The molecule has 4 aromatic rings. The quantitative estimate of drug-likeness (QED) is 0.113. The van der Waals surface area contributed by atoms with E-state index in [-0.39, 0.29) is 82.5 Å². The summed E-state index contributed by atoms with van der Waals surface area (Å²) in [6.45, 7) is -0.115. The molecule has 0 aliphatic rings. The molecule has 0 saturated heterocycles. The van der Waals surface area contributed by atoms with Gasteiger partial charge in [0.2, 0.25) is 0 Å². The molecule has 0 amide bonds. The number of benzene rings is 2. The van der Waals surface area contributed by atoms with Crippen LogP contribution in [0, 0.1) is 11.6 Å². The number of aliphatic carboxylic acids is 2. The van der Waals surface area contributed by atoms with Gasteiger partial charge in [-0.1, -0.05) is 0 Å². The number of ketones is 2. The number of carbonyl (C=O) groups excluding carboxylic acids is 2. The topological polar surface area (TPSA) is 136 Å². The molecule has 0 unspecified atom stereocenters. The van der Waals surface area contributed by atoms with Gasteiger partial charge in [0.05, 0.1) is 29.7 Å². The Bertz CT molecular complexity index is 1700. The Hall–Kier alpha value is -4.36. The molecule has 2 aromatic carbocycles. The van der Waals surface area contributed by atoms with Crippen molar-refractivity contribution in [3.05, 3.63) is 63.9 Å². The van der Waals surface area contributed by atoms with E-state index in [1.54, 1.807) is 12.1 Å². The van der Waals surface area contributed by atoms with Crippen LogP contribution in [-0.4, -0.2) is 54.0 Å². The van der Waals surface area contributed by atoms with Gasteiger partial charge in [0.15, 0.2) is 40.4 Å². The standard InChI is InChI=1S/C29H24F2O9S2/c1-38-20-14-22-16(13-24(42-22)18(33)5-9-26(36)37)28(31)29(20)40-11-3-2-10-39-19-6-7-21-15(27(19)30)12-23(41-21)17(32)4-8-25(34)35/h2-3,6-7,12-14H,4-5,8-11H2,1H3,(H,34,35)(H,36,37)/b3-2-. The summed E-state index contributed by atoms with van der Waals surface area (Å²) in [6.07, 6.45) is 2.09. The maximum Gasteiger partial charge on any atom is 0.303 e. The van der Waals surface area contributed by atoms with Gasteiger partial charge < -0.3 is 24.4 Å². The van der Waals surface area contributed by atoms with Crippen molar-refractivity contribution in [2.45, 2.75) is 25.7 Å². The van der Waals surface area contributed by atoms with Crippen molar-refractivity contribution >= 4 is 66.4 Å². The molecule has 220 valence electrons. The Morgan fingerprint density at radius 1 is 0.738 bits per heavy atom. The maximum atomic E-state index is 15.3. The van der Waals surface area contributed by atoms with E-state index in [4.69, 9.17) is 24.4 Å². The fourth-order valence-electron chi connectivity index (χ4n) is 3.92. The number of halogens is 2. The average molecular weight is 619 g/mol. The molecule has 13 heteroatoms. The average Bonchev–Trinajstić information content (AvgIpc) is 3.59. The molecule has 0 radical (unpaired) electrons. The SMILES string of the molecule is COc1cc2sc(C(=O)CCC(=O)O)cc2c(F)c1OC/C=C\COc1ccc2sc(C(=O)CCC(=O)O)cc2c1F. The van der Waals surface area contributed by atoms with E-state index >= 15 is 4.39 Å². The summed E-state index contributed by atoms with van der Waals surface area (Å²) in [4.78, 5) is 46.4. The van der Waals surface area contributed by atoms with E-state index < -0.39 is 29.4 Å². The Morgan fingerprint density at radius 2 is 1.29 bits per heavy atom. The minimum absolute atomic E-state index is 0.0364. The van der Waals surface area contributed by atoms with E-state index in [1.165, 1.54) is 37.5 Å². The molecule has 0 aliphatic carbocycles. The lowest BCUT2D eigenvalue weighted by atomic mass is 10.1. The summed E-state index contributed by atoms with van der Waals surface area (Å²) in [5.41, 5.74) is 0. The molecular weight excluding hydrogens is 594 g/mol. The number of fused-ring (bicyclic) bond motifs is 2. The molecule has 0 saturated carbocycles. The van der Waals surface area contributed by atoms with Crippen molar-refractivity contribution in [1.82, 2.24) is 0 Å². The van der Waals surface area contributed by atoms with E-state index in [2.05, 4.69) is 0 Å². The van der Waals surface area contributed by atoms with Crippen molar-refractivity contribution in [3.63, 3.8) is 0 Å². The first-order valence-corrected chi connectivity index (χ1v) is 14.1. The first-order valence-electron chi connectivity index (χ1n) is 12.5. The number of hydrogen-bond acceptors (Lipinski definition) is 9. The second-order valence-electron chi connectivity index (χ2n) is 8.87. The van der Waals surface area contributed by atoms with Gasteiger partial charge in [-0.15, -0.1) is 22.7 Å². The fraction of sp³-hybridized carbons (Fsp3) is 0.241. The largest absolute Gasteiger partial charge is 0.493 e. The third-order valence-corrected chi connectivity index (χ3v) is 8.27. The lowest BCUT2D eigenvalue weighted by Crippen LogP contribution is -2.02. The summed E-state index contributed by atoms with van der Waals surface area (Å²) < 4.78 is 47.5. The van der Waals surface area contributed by atoms with Crippen LogP contribution in [0.3, 0.4) is 0 Å². The molecule has 9 nitrogen and oxygen atoms in total. The molecule has 2 aromatic heterocycles. The number of carboxylic acid groups (broad SMARTS) is 2. The van der Waals surface area contributed by atoms with Crippen LogP contribution in [0.15, 0.2) is 42.5 Å². The number of Topliss-reactive ketones (excluding diaryl/α,β-unsaturated/α-hetero) is 2. The zero-order chi connectivity index (χ0) is 30.4. The summed E-state index contributed by atoms with van der Waals surface area (Å²) in [7, 11) is 1.34. The number of methoxy groups -OCH3 is 1. The highest BCUT2D eigenvalue weighted by Crippen LogP contribution is 2.40. The molecule has 0 fully saturated rings. The second kappa shape index (κ2) is 13.5. The number of ether oxygens (including phenoxy) is 3. The van der Waals surface area contributed by atoms with E-state index in [0.717, 1.165) is 22.7 Å². The summed E-state index contributed by atoms with van der Waals surface area (Å²) >= 11 is 2.11. The highest BCUT2D eigenvalue weighted by molar-refractivity contribution is 7.21. The van der Waals surface area contributed by atoms with Gasteiger partial charge in [-0.3, -0.25) is 19.2 Å². The molecule has 0 spiro atoms. The molecule has 2 N–H and O–H groups in total. The molecule has 0 bridgehead atoms. The highest BCUT2D eigenvalue weighted by atomic mass is 32.1. The van der Waals surface area contributed by atoms with Gasteiger partial charge in [-0.05, 0) is 36.4 Å². The van der Waals surface area contributed by atoms with Crippen LogP contribution in [-0.2, 0) is 9.59 Å². The Kier molecular flexibility index (Phi) is 9.86. The van der Waals surface area contributed by atoms with Gasteiger partial charge in [-0.25, -0.2) is 8.78 Å². The van der Waals surface area contributed by atoms with Crippen LogP contribution in [0.2, 0.25) is 0 Å². The normalized spacial score (nSPS) is 11.3. The molecule has 2 heterocycles. The predicted octanol–water partition coefficient (Wildman–Crippen LogP) is 6.51. The van der Waals surface area contributed by atoms with Gasteiger partial charge in [-0.2, -0.15) is 0 Å². The van der Waals surface area contributed by atoms with Crippen molar-refractivity contribution in [2.24, 2.45) is 0 Å². The Labute approximate surface area is 245 Å². The smallest absolute Gasteiger partial charge is 0.303 e. The molecule has 42 heavy (non-hydrogen) atoms. The van der Waals surface area contributed by atoms with Crippen LogP contribution >= 0.6 is 22.7 Å². The van der Waals surface area contributed by atoms with Crippen molar-refractivity contribution < 1.29 is 52.4 Å². The van der Waals surface area contributed by atoms with E-state index in [1.807, 2.05) is 0 Å². The van der Waals surface area contributed by atoms with Gasteiger partial charge in [0, 0.05) is 39.1 Å². The van der Waals surface area contributed by atoms with Crippen LogP contribution in [0.5, 0.6) is 17.2 Å². The third kappa shape index (κ3) is 7.09. The summed E-state index contributed by atoms with van der Waals surface area (Å²) in [6, 6.07) is 7.33. The summed E-state index contributed by atoms with van der Waals surface area (Å²) in [5, 5.41) is 17.9. The molecule has 0 aliphatic heterocycles. The van der Waals surface area contributed by atoms with Crippen LogP contribution in [0.1, 0.15) is 45.0 Å². The molecule has 0 atom stereocenters. The summed E-state index contributed by atoms with van der Waals surface area (Å²) in [5.74, 6) is -4.44. The first kappa shape index (κ1) is 30.6. The van der Waals surface area contributed by atoms with Crippen LogP contribution < -0.4 is 14.2 Å². The number of hydrogen-bond donors (Lipinski definition) is 2. The zero-order valence-electron chi connectivity index (χ0n) is 22.1. The molecular formula is C29H24F2O9S2. The Morgan fingerprint density at radius 3 is 1.86 bits per heavy atom. The van der Waals surface area contributed by atoms with Gasteiger partial charge >= 0.3 is 11.9 Å². The minimum Gasteiger partial charge on any atom is -0.493 e. The van der Waals surface area contributed by atoms with Crippen LogP contribution in [0.4, 0.5) is 8.78 Å². The zero-order valence-corrected chi connectivity index (χ0v) is 23.7. The van der Waals surface area contributed by atoms with Gasteiger partial charge in [0.1, 0.15) is 13.2 Å². The highest BCUT2D eigenvalue weighted by Gasteiger charge is 2.21. The Balaban J connectivity index is 1.37. The predicted molar refractivity (Wildman–Crippen MR) is 153 cm³/mol. The van der Waals surface area contributed by atoms with Crippen LogP contribution in [0.25, 0.3) is 20.2 Å².